The Labute approximate surface area is 217 Å². The summed E-state index contributed by atoms with van der Waals surface area (Å²) in [6, 6.07) is 19.9. The van der Waals surface area contributed by atoms with Gasteiger partial charge in [-0.25, -0.2) is 4.79 Å². The van der Waals surface area contributed by atoms with Gasteiger partial charge in [-0.15, -0.1) is 0 Å². The Hall–Kier alpha value is -4.57. The summed E-state index contributed by atoms with van der Waals surface area (Å²) < 4.78 is 15.9. The lowest BCUT2D eigenvalue weighted by molar-refractivity contribution is -0.127. The Bertz CT molecular complexity index is 1370. The normalized spacial score (nSPS) is 14.0. The highest BCUT2D eigenvalue weighted by Crippen LogP contribution is 2.35. The monoisotopic (exact) mass is 518 g/mol. The quantitative estimate of drug-likeness (QED) is 0.262. The van der Waals surface area contributed by atoms with Crippen LogP contribution in [0.15, 0.2) is 77.7 Å². The van der Waals surface area contributed by atoms with Gasteiger partial charge in [-0.3, -0.25) is 19.3 Å². The van der Waals surface area contributed by atoms with Gasteiger partial charge in [0.15, 0.2) is 11.5 Å². The van der Waals surface area contributed by atoms with Crippen LogP contribution >= 0.6 is 11.8 Å². The molecule has 0 saturated carbocycles. The first-order valence-electron chi connectivity index (χ1n) is 11.0. The number of anilines is 1. The average Bonchev–Trinajstić information content (AvgIpc) is 3.17. The van der Waals surface area contributed by atoms with Crippen molar-refractivity contribution in [2.24, 2.45) is 0 Å². The number of methoxy groups -OCH3 is 2. The first-order chi connectivity index (χ1) is 17.9. The molecule has 0 aliphatic carbocycles. The van der Waals surface area contributed by atoms with Crippen LogP contribution in [0.2, 0.25) is 0 Å². The first kappa shape index (κ1) is 25.5. The van der Waals surface area contributed by atoms with E-state index in [0.29, 0.717) is 22.6 Å². The zero-order valence-corrected chi connectivity index (χ0v) is 20.7. The second kappa shape index (κ2) is 11.4. The molecule has 10 heteroatoms. The number of nitrogens with one attached hydrogen (secondary N) is 1. The average molecular weight is 519 g/mol. The van der Waals surface area contributed by atoms with E-state index in [1.54, 1.807) is 60.7 Å². The van der Waals surface area contributed by atoms with E-state index in [-0.39, 0.29) is 16.4 Å². The molecule has 4 rings (SSSR count). The maximum absolute atomic E-state index is 12.8. The molecule has 9 nitrogen and oxygen atoms in total. The Morgan fingerprint density at radius 1 is 0.919 bits per heavy atom. The fraction of sp³-hybridized carbons (Fsp3) is 0.111. The van der Waals surface area contributed by atoms with Crippen molar-refractivity contribution in [2.75, 3.05) is 26.1 Å². The minimum atomic E-state index is -0.580. The number of ether oxygens (including phenoxy) is 3. The number of esters is 1. The molecule has 0 aromatic heterocycles. The van der Waals surface area contributed by atoms with Crippen molar-refractivity contribution in [3.8, 4) is 17.2 Å². The molecule has 0 bridgehead atoms. The molecule has 1 heterocycles. The molecule has 1 fully saturated rings. The van der Waals surface area contributed by atoms with Crippen LogP contribution in [0.5, 0.6) is 17.2 Å². The van der Waals surface area contributed by atoms with E-state index >= 15 is 0 Å². The summed E-state index contributed by atoms with van der Waals surface area (Å²) >= 11 is 0.736. The van der Waals surface area contributed by atoms with Crippen LogP contribution < -0.4 is 19.5 Å². The third-order valence-corrected chi connectivity index (χ3v) is 6.15. The van der Waals surface area contributed by atoms with E-state index in [2.05, 4.69) is 5.32 Å². The van der Waals surface area contributed by atoms with Gasteiger partial charge in [0.1, 0.15) is 12.3 Å². The Kier molecular flexibility index (Phi) is 7.89. The van der Waals surface area contributed by atoms with E-state index < -0.39 is 29.6 Å². The first-order valence-corrected chi connectivity index (χ1v) is 11.8. The summed E-state index contributed by atoms with van der Waals surface area (Å²) in [5, 5.41) is 2.11. The number of carbonyl (C=O) groups excluding carboxylic acids is 4. The van der Waals surface area contributed by atoms with Gasteiger partial charge in [-0.05, 0) is 71.9 Å². The summed E-state index contributed by atoms with van der Waals surface area (Å²) in [5.74, 6) is -0.585. The number of benzene rings is 3. The van der Waals surface area contributed by atoms with Crippen molar-refractivity contribution < 1.29 is 33.4 Å². The van der Waals surface area contributed by atoms with Crippen molar-refractivity contribution in [3.63, 3.8) is 0 Å². The highest BCUT2D eigenvalue weighted by Gasteiger charge is 2.36. The molecule has 1 N–H and O–H groups in total. The number of para-hydroxylation sites is 1. The predicted molar refractivity (Wildman–Crippen MR) is 139 cm³/mol. The minimum absolute atomic E-state index is 0.155. The summed E-state index contributed by atoms with van der Waals surface area (Å²) in [6.07, 6.45) is 1.51. The number of carbonyl (C=O) groups is 4. The molecule has 0 unspecified atom stereocenters. The Morgan fingerprint density at radius 2 is 1.65 bits per heavy atom. The van der Waals surface area contributed by atoms with Gasteiger partial charge in [0.25, 0.3) is 11.1 Å². The van der Waals surface area contributed by atoms with Gasteiger partial charge in [0.2, 0.25) is 5.91 Å². The van der Waals surface area contributed by atoms with E-state index in [9.17, 15) is 19.2 Å². The minimum Gasteiger partial charge on any atom is -0.497 e. The highest BCUT2D eigenvalue weighted by atomic mass is 32.2. The zero-order chi connectivity index (χ0) is 26.4. The topological polar surface area (TPSA) is 111 Å². The van der Waals surface area contributed by atoms with E-state index in [1.165, 1.54) is 26.4 Å². The largest absolute Gasteiger partial charge is 0.497 e. The molecule has 1 aliphatic heterocycles. The van der Waals surface area contributed by atoms with Crippen LogP contribution in [0.3, 0.4) is 0 Å². The van der Waals surface area contributed by atoms with Crippen LogP contribution in [0.25, 0.3) is 6.08 Å². The number of rotatable bonds is 8. The fourth-order valence-corrected chi connectivity index (χ4v) is 4.24. The van der Waals surface area contributed by atoms with Crippen LogP contribution in [-0.2, 0) is 9.59 Å². The molecule has 188 valence electrons. The Balaban J connectivity index is 1.45. The number of hydrogen-bond acceptors (Lipinski definition) is 8. The van der Waals surface area contributed by atoms with Gasteiger partial charge >= 0.3 is 5.97 Å². The lowest BCUT2D eigenvalue weighted by atomic mass is 10.1. The molecular formula is C27H22N2O7S. The molecule has 0 spiro atoms. The smallest absolute Gasteiger partial charge is 0.343 e. The third kappa shape index (κ3) is 6.17. The highest BCUT2D eigenvalue weighted by molar-refractivity contribution is 8.18. The number of nitrogens with zero attached hydrogens (tertiary/aromatic N) is 1. The number of thioether (sulfide) groups is 1. The maximum Gasteiger partial charge on any atom is 0.343 e. The van der Waals surface area contributed by atoms with E-state index in [4.69, 9.17) is 14.2 Å². The number of amides is 3. The molecule has 3 aromatic rings. The van der Waals surface area contributed by atoms with Gasteiger partial charge in [-0.1, -0.05) is 24.3 Å². The fourth-order valence-electron chi connectivity index (χ4n) is 3.40. The predicted octanol–water partition coefficient (Wildman–Crippen LogP) is 4.60. The van der Waals surface area contributed by atoms with Crippen molar-refractivity contribution in [1.82, 2.24) is 4.90 Å². The Morgan fingerprint density at radius 3 is 2.32 bits per heavy atom. The van der Waals surface area contributed by atoms with Gasteiger partial charge in [-0.2, -0.15) is 0 Å². The second-order valence-electron chi connectivity index (χ2n) is 7.71. The van der Waals surface area contributed by atoms with E-state index in [1.807, 2.05) is 6.07 Å². The molecule has 3 amide bonds. The van der Waals surface area contributed by atoms with Gasteiger partial charge < -0.3 is 19.5 Å². The molecule has 1 saturated heterocycles. The van der Waals surface area contributed by atoms with Crippen LogP contribution in [0, 0.1) is 0 Å². The lowest BCUT2D eigenvalue weighted by Crippen LogP contribution is -2.36. The molecule has 3 aromatic carbocycles. The standard InChI is InChI=1S/C27H22N2O7S/c1-34-20-11-9-18(10-12-20)26(32)36-21-13-8-17(14-22(21)35-2)15-23-25(31)29(27(33)37-23)16-24(30)28-19-6-4-3-5-7-19/h3-15H,16H2,1-2H3,(H,28,30)/b23-15-. The van der Waals surface area contributed by atoms with Crippen LogP contribution in [0.1, 0.15) is 15.9 Å². The zero-order valence-electron chi connectivity index (χ0n) is 19.9. The van der Waals surface area contributed by atoms with Crippen molar-refractivity contribution in [1.29, 1.82) is 0 Å². The SMILES string of the molecule is COc1ccc(C(=O)Oc2ccc(/C=C3\SC(=O)N(CC(=O)Nc4ccccc4)C3=O)cc2OC)cc1. The van der Waals surface area contributed by atoms with Crippen LogP contribution in [-0.4, -0.2) is 48.7 Å². The second-order valence-corrected chi connectivity index (χ2v) is 8.70. The van der Waals surface area contributed by atoms with Gasteiger partial charge in [0, 0.05) is 5.69 Å². The lowest BCUT2D eigenvalue weighted by Gasteiger charge is -2.12. The summed E-state index contributed by atoms with van der Waals surface area (Å²) in [6.45, 7) is -0.402. The summed E-state index contributed by atoms with van der Waals surface area (Å²) in [5.41, 5.74) is 1.44. The van der Waals surface area contributed by atoms with Crippen molar-refractivity contribution in [3.05, 3.63) is 88.8 Å². The molecule has 0 radical (unpaired) electrons. The van der Waals surface area contributed by atoms with Crippen molar-refractivity contribution in [2.45, 2.75) is 0 Å². The number of imide groups is 1. The van der Waals surface area contributed by atoms with Crippen LogP contribution in [0.4, 0.5) is 10.5 Å². The van der Waals surface area contributed by atoms with Crippen molar-refractivity contribution >= 4 is 46.5 Å². The molecular weight excluding hydrogens is 496 g/mol. The molecule has 1 aliphatic rings. The summed E-state index contributed by atoms with van der Waals surface area (Å²) in [7, 11) is 2.95. The molecule has 0 atom stereocenters. The maximum atomic E-state index is 12.8. The van der Waals surface area contributed by atoms with E-state index in [0.717, 1.165) is 16.7 Å². The third-order valence-electron chi connectivity index (χ3n) is 5.25. The molecule has 37 heavy (non-hydrogen) atoms. The number of hydrogen-bond donors (Lipinski definition) is 1. The summed E-state index contributed by atoms with van der Waals surface area (Å²) in [4.78, 5) is 51.1. The van der Waals surface area contributed by atoms with Gasteiger partial charge in [0.05, 0.1) is 24.7 Å².